The van der Waals surface area contributed by atoms with Crippen molar-refractivity contribution in [1.29, 1.82) is 0 Å². The first kappa shape index (κ1) is 33.7. The Balaban J connectivity index is 1.76. The summed E-state index contributed by atoms with van der Waals surface area (Å²) >= 11 is 8.01. The highest BCUT2D eigenvalue weighted by atomic mass is 35.5. The van der Waals surface area contributed by atoms with Gasteiger partial charge in [0.2, 0.25) is 11.8 Å². The van der Waals surface area contributed by atoms with Gasteiger partial charge >= 0.3 is 0 Å². The Morgan fingerprint density at radius 2 is 1.66 bits per heavy atom. The second-order valence-electron chi connectivity index (χ2n) is 10.6. The number of carbonyl (C=O) groups excluding carboxylic acids is 2. The van der Waals surface area contributed by atoms with Crippen LogP contribution in [0.2, 0.25) is 5.02 Å². The fraction of sp³-hybridized carbons (Fsp3) is 0.394. The van der Waals surface area contributed by atoms with Crippen molar-refractivity contribution in [2.24, 2.45) is 0 Å². The molecule has 0 aliphatic heterocycles. The number of nitrogens with one attached hydrogen (secondary N) is 1. The fourth-order valence-corrected chi connectivity index (χ4v) is 7.45. The molecule has 2 amide bonds. The summed E-state index contributed by atoms with van der Waals surface area (Å²) in [5.74, 6) is -0.457. The predicted molar refractivity (Wildman–Crippen MR) is 177 cm³/mol. The molecular weight excluding hydrogens is 618 g/mol. The van der Waals surface area contributed by atoms with Gasteiger partial charge in [0.1, 0.15) is 18.3 Å². The SMILES string of the molecule is CCOc1ccccc1N(CC(=O)N(Cc1ccccc1Cl)[C@H](CC)C(=O)NC1CCCC1)S(=O)(=O)c1ccc(SC)cc1. The number of anilines is 1. The molecule has 0 radical (unpaired) electrons. The number of halogens is 1. The summed E-state index contributed by atoms with van der Waals surface area (Å²) < 4.78 is 35.4. The number of hydrogen-bond donors (Lipinski definition) is 1. The molecule has 1 atom stereocenters. The molecule has 0 spiro atoms. The van der Waals surface area contributed by atoms with E-state index in [2.05, 4.69) is 5.32 Å². The summed E-state index contributed by atoms with van der Waals surface area (Å²) in [6, 6.07) is 19.7. The van der Waals surface area contributed by atoms with Crippen molar-refractivity contribution in [3.8, 4) is 5.75 Å². The van der Waals surface area contributed by atoms with Gasteiger partial charge in [-0.25, -0.2) is 8.42 Å². The molecule has 4 rings (SSSR count). The van der Waals surface area contributed by atoms with Crippen LogP contribution in [0.5, 0.6) is 5.75 Å². The molecule has 3 aromatic carbocycles. The molecule has 0 bridgehead atoms. The number of para-hydroxylation sites is 2. The Kier molecular flexibility index (Phi) is 12.0. The standard InChI is InChI=1S/C33H40ClN3O5S2/c1-4-29(33(39)35-25-13-7-8-14-25)36(22-24-12-6-9-15-28(24)34)32(38)23-37(30-16-10-11-17-31(30)42-5-2)44(40,41)27-20-18-26(43-3)19-21-27/h6,9-12,15-21,25,29H,4-5,7-8,13-14,22-23H2,1-3H3,(H,35,39)/t29-/m1/s1. The molecule has 44 heavy (non-hydrogen) atoms. The first-order chi connectivity index (χ1) is 21.2. The van der Waals surface area contributed by atoms with E-state index in [1.165, 1.54) is 28.8 Å². The largest absolute Gasteiger partial charge is 0.492 e. The van der Waals surface area contributed by atoms with Crippen LogP contribution in [0.15, 0.2) is 82.6 Å². The van der Waals surface area contributed by atoms with Crippen LogP contribution in [0.4, 0.5) is 5.69 Å². The number of nitrogens with zero attached hydrogens (tertiary/aromatic N) is 2. The summed E-state index contributed by atoms with van der Waals surface area (Å²) in [5.41, 5.74) is 0.893. The second kappa shape index (κ2) is 15.7. The molecule has 0 heterocycles. The van der Waals surface area contributed by atoms with Crippen LogP contribution in [-0.4, -0.2) is 56.6 Å². The van der Waals surface area contributed by atoms with Gasteiger partial charge in [0.25, 0.3) is 10.0 Å². The maximum absolute atomic E-state index is 14.4. The zero-order chi connectivity index (χ0) is 31.7. The van der Waals surface area contributed by atoms with Gasteiger partial charge in [-0.3, -0.25) is 13.9 Å². The van der Waals surface area contributed by atoms with Crippen molar-refractivity contribution in [3.63, 3.8) is 0 Å². The maximum Gasteiger partial charge on any atom is 0.264 e. The summed E-state index contributed by atoms with van der Waals surface area (Å²) in [6.45, 7) is 3.45. The lowest BCUT2D eigenvalue weighted by atomic mass is 10.1. The highest BCUT2D eigenvalue weighted by molar-refractivity contribution is 7.98. The van der Waals surface area contributed by atoms with E-state index in [-0.39, 0.29) is 29.1 Å². The van der Waals surface area contributed by atoms with E-state index in [1.807, 2.05) is 26.2 Å². The third-order valence-electron chi connectivity index (χ3n) is 7.75. The van der Waals surface area contributed by atoms with Gasteiger partial charge in [-0.1, -0.05) is 61.7 Å². The third-order valence-corrected chi connectivity index (χ3v) is 10.6. The molecule has 1 saturated carbocycles. The minimum absolute atomic E-state index is 0.0399. The summed E-state index contributed by atoms with van der Waals surface area (Å²) in [4.78, 5) is 30.4. The summed E-state index contributed by atoms with van der Waals surface area (Å²) in [6.07, 6.45) is 6.15. The van der Waals surface area contributed by atoms with Crippen LogP contribution in [0.1, 0.15) is 51.5 Å². The van der Waals surface area contributed by atoms with E-state index >= 15 is 0 Å². The van der Waals surface area contributed by atoms with E-state index in [0.29, 0.717) is 29.4 Å². The molecule has 1 aliphatic rings. The zero-order valence-corrected chi connectivity index (χ0v) is 27.8. The van der Waals surface area contributed by atoms with Crippen LogP contribution in [0, 0.1) is 0 Å². The molecule has 0 unspecified atom stereocenters. The number of sulfonamides is 1. The Labute approximate surface area is 270 Å². The predicted octanol–water partition coefficient (Wildman–Crippen LogP) is 6.52. The molecule has 0 aromatic heterocycles. The van der Waals surface area contributed by atoms with Crippen LogP contribution in [-0.2, 0) is 26.2 Å². The van der Waals surface area contributed by atoms with E-state index in [4.69, 9.17) is 16.3 Å². The number of benzene rings is 3. The van der Waals surface area contributed by atoms with Crippen LogP contribution in [0.25, 0.3) is 0 Å². The van der Waals surface area contributed by atoms with Gasteiger partial charge < -0.3 is 15.0 Å². The number of ether oxygens (including phenoxy) is 1. The molecule has 11 heteroatoms. The molecule has 236 valence electrons. The Bertz CT molecular complexity index is 1530. The normalized spacial score (nSPS) is 14.2. The molecule has 1 aliphatic carbocycles. The molecular formula is C33H40ClN3O5S2. The third kappa shape index (κ3) is 8.08. The number of rotatable bonds is 14. The lowest BCUT2D eigenvalue weighted by Crippen LogP contribution is -2.53. The van der Waals surface area contributed by atoms with Crippen molar-refractivity contribution in [2.45, 2.75) is 74.4 Å². The average Bonchev–Trinajstić information content (AvgIpc) is 3.54. The van der Waals surface area contributed by atoms with Crippen molar-refractivity contribution in [2.75, 3.05) is 23.7 Å². The topological polar surface area (TPSA) is 96.0 Å². The van der Waals surface area contributed by atoms with Crippen LogP contribution < -0.4 is 14.4 Å². The minimum atomic E-state index is -4.23. The van der Waals surface area contributed by atoms with Crippen LogP contribution >= 0.6 is 23.4 Å². The van der Waals surface area contributed by atoms with Gasteiger partial charge in [0.15, 0.2) is 0 Å². The minimum Gasteiger partial charge on any atom is -0.492 e. The van der Waals surface area contributed by atoms with Gasteiger partial charge in [0, 0.05) is 22.5 Å². The zero-order valence-electron chi connectivity index (χ0n) is 25.4. The highest BCUT2D eigenvalue weighted by Gasteiger charge is 2.35. The molecule has 1 fully saturated rings. The van der Waals surface area contributed by atoms with Crippen molar-refractivity contribution in [1.82, 2.24) is 10.2 Å². The highest BCUT2D eigenvalue weighted by Crippen LogP contribution is 2.33. The number of thioether (sulfide) groups is 1. The van der Waals surface area contributed by atoms with Crippen LogP contribution in [0.3, 0.4) is 0 Å². The van der Waals surface area contributed by atoms with E-state index in [0.717, 1.165) is 34.9 Å². The Hall–Kier alpha value is -3.21. The smallest absolute Gasteiger partial charge is 0.264 e. The molecule has 8 nitrogen and oxygen atoms in total. The first-order valence-corrected chi connectivity index (χ1v) is 18.0. The average molecular weight is 658 g/mol. The monoisotopic (exact) mass is 657 g/mol. The maximum atomic E-state index is 14.4. The number of amides is 2. The Morgan fingerprint density at radius 1 is 1.00 bits per heavy atom. The van der Waals surface area contributed by atoms with Gasteiger partial charge in [-0.15, -0.1) is 11.8 Å². The van der Waals surface area contributed by atoms with Gasteiger partial charge in [0.05, 0.1) is 17.2 Å². The summed E-state index contributed by atoms with van der Waals surface area (Å²) in [7, 11) is -4.23. The van der Waals surface area contributed by atoms with E-state index in [1.54, 1.807) is 54.6 Å². The molecule has 3 aromatic rings. The molecule has 1 N–H and O–H groups in total. The second-order valence-corrected chi connectivity index (χ2v) is 13.8. The van der Waals surface area contributed by atoms with E-state index < -0.39 is 28.5 Å². The fourth-order valence-electron chi connectivity index (χ4n) is 5.43. The number of hydrogen-bond acceptors (Lipinski definition) is 6. The van der Waals surface area contributed by atoms with Crippen molar-refractivity contribution < 1.29 is 22.7 Å². The number of carbonyl (C=O) groups is 2. The molecule has 0 saturated heterocycles. The van der Waals surface area contributed by atoms with Crippen molar-refractivity contribution >= 4 is 50.9 Å². The summed E-state index contributed by atoms with van der Waals surface area (Å²) in [5, 5.41) is 3.58. The first-order valence-electron chi connectivity index (χ1n) is 14.9. The lowest BCUT2D eigenvalue weighted by Gasteiger charge is -2.34. The van der Waals surface area contributed by atoms with Crippen molar-refractivity contribution in [3.05, 3.63) is 83.4 Å². The van der Waals surface area contributed by atoms with Gasteiger partial charge in [-0.05, 0) is 80.5 Å². The van der Waals surface area contributed by atoms with E-state index in [9.17, 15) is 18.0 Å². The quantitative estimate of drug-likeness (QED) is 0.198. The van der Waals surface area contributed by atoms with Gasteiger partial charge in [-0.2, -0.15) is 0 Å². The lowest BCUT2D eigenvalue weighted by molar-refractivity contribution is -0.140. The Morgan fingerprint density at radius 3 is 2.30 bits per heavy atom.